The summed E-state index contributed by atoms with van der Waals surface area (Å²) in [6, 6.07) is 10.6. The first-order chi connectivity index (χ1) is 8.57. The van der Waals surface area contributed by atoms with Gasteiger partial charge in [-0.05, 0) is 32.3 Å². The Labute approximate surface area is 110 Å². The molecule has 0 unspecified atom stereocenters. The summed E-state index contributed by atoms with van der Waals surface area (Å²) < 4.78 is 10.3. The van der Waals surface area contributed by atoms with E-state index in [0.29, 0.717) is 6.54 Å². The fraction of sp³-hybridized carbons (Fsp3) is 0.600. The molecule has 0 bridgehead atoms. The van der Waals surface area contributed by atoms with Crippen LogP contribution in [0.25, 0.3) is 0 Å². The molecule has 0 aliphatic carbocycles. The third-order valence-electron chi connectivity index (χ3n) is 3.15. The van der Waals surface area contributed by atoms with Crippen LogP contribution in [0.2, 0.25) is 0 Å². The van der Waals surface area contributed by atoms with Crippen LogP contribution in [0.15, 0.2) is 30.3 Å². The van der Waals surface area contributed by atoms with E-state index in [1.165, 1.54) is 5.56 Å². The minimum absolute atomic E-state index is 0.0746. The highest BCUT2D eigenvalue weighted by Crippen LogP contribution is 2.13. The monoisotopic (exact) mass is 251 g/mol. The van der Waals surface area contributed by atoms with Gasteiger partial charge in [0.25, 0.3) is 0 Å². The molecule has 0 spiro atoms. The molecule has 1 N–H and O–H groups in total. The molecule has 3 heteroatoms. The molecule has 1 aromatic rings. The van der Waals surface area contributed by atoms with Gasteiger partial charge in [0.2, 0.25) is 0 Å². The van der Waals surface area contributed by atoms with E-state index < -0.39 is 0 Å². The third-order valence-corrected chi connectivity index (χ3v) is 3.15. The number of benzene rings is 1. The van der Waals surface area contributed by atoms with E-state index in [1.807, 2.05) is 0 Å². The fourth-order valence-corrected chi connectivity index (χ4v) is 1.81. The van der Waals surface area contributed by atoms with Crippen molar-refractivity contribution in [1.29, 1.82) is 0 Å². The number of aryl methyl sites for hydroxylation is 1. The lowest BCUT2D eigenvalue weighted by molar-refractivity contribution is -0.101. The normalized spacial score (nSPS) is 12.1. The predicted molar refractivity (Wildman–Crippen MR) is 74.7 cm³/mol. The summed E-state index contributed by atoms with van der Waals surface area (Å²) in [6.07, 6.45) is 1.98. The molecular weight excluding hydrogens is 226 g/mol. The Bertz CT molecular complexity index is 321. The largest absolute Gasteiger partial charge is 0.355 e. The molecule has 0 atom stereocenters. The van der Waals surface area contributed by atoms with Gasteiger partial charge in [0.15, 0.2) is 6.29 Å². The molecule has 3 nitrogen and oxygen atoms in total. The summed E-state index contributed by atoms with van der Waals surface area (Å²) in [6.45, 7) is 5.12. The molecule has 0 fully saturated rings. The average molecular weight is 251 g/mol. The van der Waals surface area contributed by atoms with E-state index in [1.54, 1.807) is 14.2 Å². The number of methoxy groups -OCH3 is 2. The molecule has 1 aromatic carbocycles. The van der Waals surface area contributed by atoms with Crippen molar-refractivity contribution in [3.8, 4) is 0 Å². The smallest absolute Gasteiger partial charge is 0.169 e. The summed E-state index contributed by atoms with van der Waals surface area (Å²) >= 11 is 0. The van der Waals surface area contributed by atoms with Crippen LogP contribution in [0.4, 0.5) is 0 Å². The van der Waals surface area contributed by atoms with Crippen molar-refractivity contribution in [3.63, 3.8) is 0 Å². The molecule has 0 radical (unpaired) electrons. The Morgan fingerprint density at radius 2 is 1.72 bits per heavy atom. The minimum Gasteiger partial charge on any atom is -0.355 e. The highest BCUT2D eigenvalue weighted by molar-refractivity contribution is 5.15. The van der Waals surface area contributed by atoms with Crippen LogP contribution >= 0.6 is 0 Å². The van der Waals surface area contributed by atoms with E-state index in [4.69, 9.17) is 9.47 Å². The standard InChI is InChI=1S/C15H25NO2/c1-15(2,16-12-14(17-3)18-4)11-10-13-8-6-5-7-9-13/h5-9,14,16H,10-12H2,1-4H3. The van der Waals surface area contributed by atoms with Gasteiger partial charge < -0.3 is 14.8 Å². The van der Waals surface area contributed by atoms with Gasteiger partial charge in [-0.15, -0.1) is 0 Å². The van der Waals surface area contributed by atoms with Gasteiger partial charge in [0.05, 0.1) is 0 Å². The van der Waals surface area contributed by atoms with Crippen LogP contribution in [0, 0.1) is 0 Å². The second-order valence-electron chi connectivity index (χ2n) is 5.15. The lowest BCUT2D eigenvalue weighted by Gasteiger charge is -2.28. The van der Waals surface area contributed by atoms with Crippen molar-refractivity contribution in [3.05, 3.63) is 35.9 Å². The van der Waals surface area contributed by atoms with E-state index in [0.717, 1.165) is 12.8 Å². The predicted octanol–water partition coefficient (Wildman–Crippen LogP) is 2.61. The zero-order chi connectivity index (χ0) is 13.4. The number of rotatable bonds is 8. The van der Waals surface area contributed by atoms with Gasteiger partial charge in [0, 0.05) is 26.3 Å². The van der Waals surface area contributed by atoms with Crippen molar-refractivity contribution in [2.24, 2.45) is 0 Å². The van der Waals surface area contributed by atoms with E-state index in [-0.39, 0.29) is 11.8 Å². The summed E-state index contributed by atoms with van der Waals surface area (Å²) in [5.74, 6) is 0. The Hall–Kier alpha value is -0.900. The quantitative estimate of drug-likeness (QED) is 0.720. The van der Waals surface area contributed by atoms with Gasteiger partial charge in [-0.1, -0.05) is 30.3 Å². The molecule has 0 aliphatic rings. The van der Waals surface area contributed by atoms with E-state index in [2.05, 4.69) is 49.5 Å². The highest BCUT2D eigenvalue weighted by atomic mass is 16.7. The van der Waals surface area contributed by atoms with Crippen LogP contribution < -0.4 is 5.32 Å². The van der Waals surface area contributed by atoms with Crippen molar-refractivity contribution in [1.82, 2.24) is 5.32 Å². The van der Waals surface area contributed by atoms with Crippen molar-refractivity contribution < 1.29 is 9.47 Å². The van der Waals surface area contributed by atoms with Crippen LogP contribution in [0.1, 0.15) is 25.8 Å². The van der Waals surface area contributed by atoms with Crippen LogP contribution in [0.5, 0.6) is 0 Å². The molecular formula is C15H25NO2. The zero-order valence-corrected chi connectivity index (χ0v) is 11.9. The number of hydrogen-bond donors (Lipinski definition) is 1. The number of ether oxygens (including phenoxy) is 2. The topological polar surface area (TPSA) is 30.5 Å². The number of hydrogen-bond acceptors (Lipinski definition) is 3. The van der Waals surface area contributed by atoms with Crippen molar-refractivity contribution in [2.45, 2.75) is 38.5 Å². The Morgan fingerprint density at radius 1 is 1.11 bits per heavy atom. The highest BCUT2D eigenvalue weighted by Gasteiger charge is 2.18. The first-order valence-electron chi connectivity index (χ1n) is 6.42. The Kier molecular flexibility index (Phi) is 6.33. The average Bonchev–Trinajstić information content (AvgIpc) is 2.39. The lowest BCUT2D eigenvalue weighted by atomic mass is 9.95. The second-order valence-corrected chi connectivity index (χ2v) is 5.15. The molecule has 0 heterocycles. The van der Waals surface area contributed by atoms with Crippen LogP contribution in [-0.2, 0) is 15.9 Å². The Balaban J connectivity index is 2.35. The van der Waals surface area contributed by atoms with Gasteiger partial charge in [-0.3, -0.25) is 0 Å². The molecule has 0 saturated carbocycles. The van der Waals surface area contributed by atoms with E-state index in [9.17, 15) is 0 Å². The maximum atomic E-state index is 5.17. The Morgan fingerprint density at radius 3 is 2.28 bits per heavy atom. The molecule has 0 aromatic heterocycles. The maximum Gasteiger partial charge on any atom is 0.169 e. The SMILES string of the molecule is COC(CNC(C)(C)CCc1ccccc1)OC. The molecule has 0 amide bonds. The van der Waals surface area contributed by atoms with Crippen molar-refractivity contribution >= 4 is 0 Å². The summed E-state index contributed by atoms with van der Waals surface area (Å²) in [7, 11) is 3.32. The first kappa shape index (κ1) is 15.2. The minimum atomic E-state index is -0.180. The van der Waals surface area contributed by atoms with Gasteiger partial charge in [-0.25, -0.2) is 0 Å². The lowest BCUT2D eigenvalue weighted by Crippen LogP contribution is -2.44. The summed E-state index contributed by atoms with van der Waals surface area (Å²) in [5.41, 5.74) is 1.45. The van der Waals surface area contributed by atoms with Gasteiger partial charge in [0.1, 0.15) is 0 Å². The molecule has 1 rings (SSSR count). The first-order valence-corrected chi connectivity index (χ1v) is 6.42. The molecule has 0 aliphatic heterocycles. The maximum absolute atomic E-state index is 5.17. The summed E-state index contributed by atoms with van der Waals surface area (Å²) in [5, 5.41) is 3.48. The van der Waals surface area contributed by atoms with Gasteiger partial charge >= 0.3 is 0 Å². The molecule has 0 saturated heterocycles. The fourth-order valence-electron chi connectivity index (χ4n) is 1.81. The van der Waals surface area contributed by atoms with E-state index >= 15 is 0 Å². The summed E-state index contributed by atoms with van der Waals surface area (Å²) in [4.78, 5) is 0. The molecule has 102 valence electrons. The van der Waals surface area contributed by atoms with Crippen molar-refractivity contribution in [2.75, 3.05) is 20.8 Å². The molecule has 18 heavy (non-hydrogen) atoms. The third kappa shape index (κ3) is 5.63. The van der Waals surface area contributed by atoms with Crippen LogP contribution in [-0.4, -0.2) is 32.6 Å². The van der Waals surface area contributed by atoms with Crippen LogP contribution in [0.3, 0.4) is 0 Å². The second kappa shape index (κ2) is 7.52. The van der Waals surface area contributed by atoms with Gasteiger partial charge in [-0.2, -0.15) is 0 Å². The zero-order valence-electron chi connectivity index (χ0n) is 11.9. The number of nitrogens with one attached hydrogen (secondary N) is 1.